The molecule has 0 spiro atoms. The van der Waals surface area contributed by atoms with Crippen LogP contribution in [-0.2, 0) is 11.3 Å². The van der Waals surface area contributed by atoms with Crippen LogP contribution in [0.5, 0.6) is 0 Å². The molecule has 5 heteroatoms. The van der Waals surface area contributed by atoms with Gasteiger partial charge in [0.25, 0.3) is 0 Å². The Balaban J connectivity index is 1.60. The fourth-order valence-electron chi connectivity index (χ4n) is 3.23. The first-order valence-corrected chi connectivity index (χ1v) is 9.22. The first kappa shape index (κ1) is 17.8. The molecule has 0 aliphatic heterocycles. The number of hydrogen-bond donors (Lipinski definition) is 1. The van der Waals surface area contributed by atoms with Crippen LogP contribution < -0.4 is 5.32 Å². The first-order chi connectivity index (χ1) is 13.7. The predicted octanol–water partition coefficient (Wildman–Crippen LogP) is 4.57. The van der Waals surface area contributed by atoms with Crippen LogP contribution in [0.25, 0.3) is 17.1 Å². The fourth-order valence-corrected chi connectivity index (χ4v) is 3.23. The summed E-state index contributed by atoms with van der Waals surface area (Å²) in [4.78, 5) is 17.1. The maximum absolute atomic E-state index is 12.3. The van der Waals surface area contributed by atoms with Crippen molar-refractivity contribution in [3.8, 4) is 0 Å². The minimum Gasteiger partial charge on any atom is -0.465 e. The predicted molar refractivity (Wildman–Crippen MR) is 110 cm³/mol. The second-order valence-corrected chi connectivity index (χ2v) is 6.61. The molecule has 2 aromatic carbocycles. The molecule has 5 nitrogen and oxygen atoms in total. The van der Waals surface area contributed by atoms with Crippen LogP contribution >= 0.6 is 0 Å². The Morgan fingerprint density at radius 1 is 1.11 bits per heavy atom. The number of nitrogens with one attached hydrogen (secondary N) is 1. The van der Waals surface area contributed by atoms with Crippen LogP contribution in [0.15, 0.2) is 83.5 Å². The molecule has 28 heavy (non-hydrogen) atoms. The van der Waals surface area contributed by atoms with Crippen molar-refractivity contribution in [2.75, 3.05) is 0 Å². The van der Waals surface area contributed by atoms with Crippen LogP contribution in [0, 0.1) is 0 Å². The van der Waals surface area contributed by atoms with Gasteiger partial charge in [0, 0.05) is 12.6 Å². The standard InChI is InChI=1S/C23H21N3O2/c1-17(24-22(27)14-13-19-10-7-15-28-19)23-25-20-11-5-6-12-21(20)26(23)16-18-8-3-2-4-9-18/h2-15,17H,16H2,1H3,(H,24,27). The van der Waals surface area contributed by atoms with E-state index in [-0.39, 0.29) is 11.9 Å². The zero-order valence-electron chi connectivity index (χ0n) is 15.6. The first-order valence-electron chi connectivity index (χ1n) is 9.22. The molecule has 4 aromatic rings. The Morgan fingerprint density at radius 3 is 2.68 bits per heavy atom. The summed E-state index contributed by atoms with van der Waals surface area (Å²) >= 11 is 0. The van der Waals surface area contributed by atoms with Gasteiger partial charge < -0.3 is 14.3 Å². The molecule has 2 aromatic heterocycles. The maximum Gasteiger partial charge on any atom is 0.244 e. The van der Waals surface area contributed by atoms with E-state index in [4.69, 9.17) is 9.40 Å². The second kappa shape index (κ2) is 7.96. The van der Waals surface area contributed by atoms with Crippen molar-refractivity contribution in [3.63, 3.8) is 0 Å². The van der Waals surface area contributed by atoms with Gasteiger partial charge in [0.05, 0.1) is 23.3 Å². The van der Waals surface area contributed by atoms with Crippen LogP contribution in [0.3, 0.4) is 0 Å². The number of rotatable bonds is 6. The number of aromatic nitrogens is 2. The molecule has 1 unspecified atom stereocenters. The number of furan rings is 1. The van der Waals surface area contributed by atoms with E-state index in [1.807, 2.05) is 43.3 Å². The summed E-state index contributed by atoms with van der Waals surface area (Å²) in [7, 11) is 0. The van der Waals surface area contributed by atoms with Gasteiger partial charge in [-0.1, -0.05) is 42.5 Å². The molecular formula is C23H21N3O2. The van der Waals surface area contributed by atoms with Gasteiger partial charge in [-0.15, -0.1) is 0 Å². The Hall–Kier alpha value is -3.60. The maximum atomic E-state index is 12.3. The number of nitrogens with zero attached hydrogens (tertiary/aromatic N) is 2. The number of para-hydroxylation sites is 2. The summed E-state index contributed by atoms with van der Waals surface area (Å²) in [6.45, 7) is 2.64. The van der Waals surface area contributed by atoms with Gasteiger partial charge in [0.15, 0.2) is 0 Å². The third-order valence-corrected chi connectivity index (χ3v) is 4.56. The third-order valence-electron chi connectivity index (χ3n) is 4.56. The Bertz CT molecular complexity index is 1100. The van der Waals surface area contributed by atoms with E-state index >= 15 is 0 Å². The molecule has 0 aliphatic rings. The highest BCUT2D eigenvalue weighted by atomic mass is 16.3. The average molecular weight is 371 g/mol. The van der Waals surface area contributed by atoms with Crippen molar-refractivity contribution in [1.29, 1.82) is 0 Å². The van der Waals surface area contributed by atoms with Crippen LogP contribution in [-0.4, -0.2) is 15.5 Å². The molecule has 0 saturated carbocycles. The summed E-state index contributed by atoms with van der Waals surface area (Å²) in [6.07, 6.45) is 4.70. The molecule has 1 amide bonds. The molecule has 4 rings (SSSR count). The van der Waals surface area contributed by atoms with Gasteiger partial charge in [0.1, 0.15) is 11.6 Å². The van der Waals surface area contributed by atoms with E-state index in [2.05, 4.69) is 28.1 Å². The zero-order chi connectivity index (χ0) is 19.3. The summed E-state index contributed by atoms with van der Waals surface area (Å²) in [6, 6.07) is 21.6. The lowest BCUT2D eigenvalue weighted by molar-refractivity contribution is -0.117. The SMILES string of the molecule is CC(NC(=O)C=Cc1ccco1)c1nc2ccccc2n1Cc1ccccc1. The van der Waals surface area contributed by atoms with E-state index in [1.54, 1.807) is 24.5 Å². The largest absolute Gasteiger partial charge is 0.465 e. The number of benzene rings is 2. The summed E-state index contributed by atoms with van der Waals surface area (Å²) in [5.74, 6) is 1.27. The number of carbonyl (C=O) groups is 1. The highest BCUT2D eigenvalue weighted by molar-refractivity contribution is 5.91. The topological polar surface area (TPSA) is 60.1 Å². The van der Waals surface area contributed by atoms with Gasteiger partial charge in [-0.25, -0.2) is 4.98 Å². The van der Waals surface area contributed by atoms with Gasteiger partial charge in [0.2, 0.25) is 5.91 Å². The number of amides is 1. The van der Waals surface area contributed by atoms with Gasteiger partial charge >= 0.3 is 0 Å². The molecule has 0 bridgehead atoms. The van der Waals surface area contributed by atoms with E-state index in [9.17, 15) is 4.79 Å². The number of imidazole rings is 1. The highest BCUT2D eigenvalue weighted by Crippen LogP contribution is 2.22. The normalized spacial score (nSPS) is 12.5. The zero-order valence-corrected chi connectivity index (χ0v) is 15.6. The fraction of sp³-hybridized carbons (Fsp3) is 0.130. The van der Waals surface area contributed by atoms with Crippen molar-refractivity contribution in [2.24, 2.45) is 0 Å². The third kappa shape index (κ3) is 3.88. The quantitative estimate of drug-likeness (QED) is 0.505. The van der Waals surface area contributed by atoms with Crippen molar-refractivity contribution < 1.29 is 9.21 Å². The average Bonchev–Trinajstić information content (AvgIpc) is 3.36. The lowest BCUT2D eigenvalue weighted by Crippen LogP contribution is -2.27. The molecule has 0 saturated heterocycles. The monoisotopic (exact) mass is 371 g/mol. The van der Waals surface area contributed by atoms with E-state index in [0.717, 1.165) is 16.9 Å². The summed E-state index contributed by atoms with van der Waals surface area (Å²) in [5.41, 5.74) is 3.15. The molecule has 1 atom stereocenters. The highest BCUT2D eigenvalue weighted by Gasteiger charge is 2.18. The summed E-state index contributed by atoms with van der Waals surface area (Å²) in [5, 5.41) is 3.00. The van der Waals surface area contributed by atoms with Gasteiger partial charge in [-0.2, -0.15) is 0 Å². The molecule has 1 N–H and O–H groups in total. The van der Waals surface area contributed by atoms with Gasteiger partial charge in [-0.05, 0) is 42.8 Å². The van der Waals surface area contributed by atoms with Crippen molar-refractivity contribution in [3.05, 3.63) is 96.2 Å². The smallest absolute Gasteiger partial charge is 0.244 e. The van der Waals surface area contributed by atoms with Crippen molar-refractivity contribution >= 4 is 23.0 Å². The number of hydrogen-bond acceptors (Lipinski definition) is 3. The summed E-state index contributed by atoms with van der Waals surface area (Å²) < 4.78 is 7.37. The second-order valence-electron chi connectivity index (χ2n) is 6.61. The Kier molecular flexibility index (Phi) is 5.06. The van der Waals surface area contributed by atoms with Crippen molar-refractivity contribution in [1.82, 2.24) is 14.9 Å². The Morgan fingerprint density at radius 2 is 1.89 bits per heavy atom. The van der Waals surface area contributed by atoms with Crippen LogP contribution in [0.1, 0.15) is 30.1 Å². The lowest BCUT2D eigenvalue weighted by Gasteiger charge is -2.15. The van der Waals surface area contributed by atoms with E-state index in [1.165, 1.54) is 11.6 Å². The molecule has 0 fully saturated rings. The van der Waals surface area contributed by atoms with E-state index < -0.39 is 0 Å². The lowest BCUT2D eigenvalue weighted by atomic mass is 10.2. The van der Waals surface area contributed by atoms with E-state index in [0.29, 0.717) is 12.3 Å². The minimum absolute atomic E-state index is 0.192. The molecule has 0 aliphatic carbocycles. The van der Waals surface area contributed by atoms with Gasteiger partial charge in [-0.3, -0.25) is 4.79 Å². The molecule has 140 valence electrons. The minimum atomic E-state index is -0.245. The Labute approximate surface area is 163 Å². The molecule has 0 radical (unpaired) electrons. The van der Waals surface area contributed by atoms with Crippen LogP contribution in [0.4, 0.5) is 0 Å². The number of carbonyl (C=O) groups excluding carboxylic acids is 1. The molecular weight excluding hydrogens is 350 g/mol. The number of fused-ring (bicyclic) bond motifs is 1. The van der Waals surface area contributed by atoms with Crippen molar-refractivity contribution in [2.45, 2.75) is 19.5 Å². The molecule has 2 heterocycles. The van der Waals surface area contributed by atoms with Crippen LogP contribution in [0.2, 0.25) is 0 Å².